The van der Waals surface area contributed by atoms with Crippen LogP contribution in [0.1, 0.15) is 6.42 Å². The molecule has 1 heterocycles. The molecule has 2 bridgehead atoms. The molecule has 11 heavy (non-hydrogen) atoms. The number of methoxy groups -OCH3 is 1. The predicted molar refractivity (Wildman–Crippen MR) is 37.9 cm³/mol. The number of fused-ring (bicyclic) bond motifs is 2. The van der Waals surface area contributed by atoms with Crippen molar-refractivity contribution in [1.82, 2.24) is 0 Å². The summed E-state index contributed by atoms with van der Waals surface area (Å²) in [4.78, 5) is 11.0. The highest BCUT2D eigenvalue weighted by atomic mass is 16.6. The first-order valence-electron chi connectivity index (χ1n) is 3.73. The normalized spacial score (nSPS) is 39.5. The Morgan fingerprint density at radius 2 is 2.45 bits per heavy atom. The molecule has 0 amide bonds. The maximum absolute atomic E-state index is 11.0. The molecular formula is C8H10O3. The number of hydrogen-bond acceptors (Lipinski definition) is 3. The maximum atomic E-state index is 11.0. The molecule has 2 aliphatic rings. The number of rotatable bonds is 1. The van der Waals surface area contributed by atoms with Crippen molar-refractivity contribution in [2.24, 2.45) is 5.92 Å². The zero-order chi connectivity index (χ0) is 7.84. The summed E-state index contributed by atoms with van der Waals surface area (Å²) in [6, 6.07) is 0. The molecule has 0 spiro atoms. The first kappa shape index (κ1) is 6.85. The summed E-state index contributed by atoms with van der Waals surface area (Å²) < 4.78 is 9.94. The zero-order valence-electron chi connectivity index (χ0n) is 6.32. The standard InChI is InChI=1S/C8H10O3/c1-10-8(9)7-5-2-3-6(4-5)11-7/h2-3,5-7H,4H2,1H3/t5-,6+,7-/m0/s1. The van der Waals surface area contributed by atoms with E-state index in [0.717, 1.165) is 6.42 Å². The molecule has 0 radical (unpaired) electrons. The van der Waals surface area contributed by atoms with Crippen molar-refractivity contribution in [3.63, 3.8) is 0 Å². The fourth-order valence-corrected chi connectivity index (χ4v) is 1.65. The van der Waals surface area contributed by atoms with E-state index >= 15 is 0 Å². The topological polar surface area (TPSA) is 35.5 Å². The first-order chi connectivity index (χ1) is 5.31. The Labute approximate surface area is 65.0 Å². The molecule has 1 saturated heterocycles. The van der Waals surface area contributed by atoms with Crippen molar-refractivity contribution in [1.29, 1.82) is 0 Å². The lowest BCUT2D eigenvalue weighted by molar-refractivity contribution is -0.154. The molecule has 0 N–H and O–H groups in total. The highest BCUT2D eigenvalue weighted by Crippen LogP contribution is 2.34. The van der Waals surface area contributed by atoms with Gasteiger partial charge in [-0.15, -0.1) is 0 Å². The van der Waals surface area contributed by atoms with Crippen LogP contribution in [0.3, 0.4) is 0 Å². The first-order valence-corrected chi connectivity index (χ1v) is 3.73. The van der Waals surface area contributed by atoms with E-state index in [1.807, 2.05) is 12.2 Å². The second kappa shape index (κ2) is 2.34. The molecular weight excluding hydrogens is 144 g/mol. The summed E-state index contributed by atoms with van der Waals surface area (Å²) in [6.07, 6.45) is 4.80. The number of ether oxygens (including phenoxy) is 2. The van der Waals surface area contributed by atoms with Crippen LogP contribution in [-0.4, -0.2) is 25.3 Å². The van der Waals surface area contributed by atoms with Crippen LogP contribution in [-0.2, 0) is 14.3 Å². The third-order valence-electron chi connectivity index (χ3n) is 2.22. The van der Waals surface area contributed by atoms with Gasteiger partial charge in [0.25, 0.3) is 0 Å². The van der Waals surface area contributed by atoms with Gasteiger partial charge in [-0.3, -0.25) is 0 Å². The molecule has 0 unspecified atom stereocenters. The zero-order valence-corrected chi connectivity index (χ0v) is 6.32. The van der Waals surface area contributed by atoms with Crippen molar-refractivity contribution in [3.05, 3.63) is 12.2 Å². The second-order valence-electron chi connectivity index (χ2n) is 2.90. The van der Waals surface area contributed by atoms with E-state index in [4.69, 9.17) is 4.74 Å². The minimum Gasteiger partial charge on any atom is -0.467 e. The van der Waals surface area contributed by atoms with Gasteiger partial charge < -0.3 is 9.47 Å². The molecule has 60 valence electrons. The van der Waals surface area contributed by atoms with Crippen LogP contribution in [0.15, 0.2) is 12.2 Å². The molecule has 2 rings (SSSR count). The summed E-state index contributed by atoms with van der Waals surface area (Å²) in [6.45, 7) is 0. The number of hydrogen-bond donors (Lipinski definition) is 0. The van der Waals surface area contributed by atoms with Crippen molar-refractivity contribution in [2.75, 3.05) is 7.11 Å². The van der Waals surface area contributed by atoms with Gasteiger partial charge in [-0.05, 0) is 6.42 Å². The molecule has 1 fully saturated rings. The van der Waals surface area contributed by atoms with Gasteiger partial charge in [0.1, 0.15) is 0 Å². The van der Waals surface area contributed by atoms with Gasteiger partial charge >= 0.3 is 5.97 Å². The molecule has 3 atom stereocenters. The minimum absolute atomic E-state index is 0.157. The van der Waals surface area contributed by atoms with Crippen molar-refractivity contribution in [2.45, 2.75) is 18.6 Å². The van der Waals surface area contributed by atoms with Gasteiger partial charge in [-0.25, -0.2) is 4.79 Å². The maximum Gasteiger partial charge on any atom is 0.335 e. The quantitative estimate of drug-likeness (QED) is 0.407. The SMILES string of the molecule is COC(=O)[C@H]1O[C@@H]2C=C[C@H]1C2. The highest BCUT2D eigenvalue weighted by Gasteiger charge is 2.41. The van der Waals surface area contributed by atoms with E-state index in [1.54, 1.807) is 0 Å². The molecule has 3 heteroatoms. The van der Waals surface area contributed by atoms with Crippen LogP contribution in [0.4, 0.5) is 0 Å². The number of carbonyl (C=O) groups excluding carboxylic acids is 1. The Bertz CT molecular complexity index is 209. The van der Waals surface area contributed by atoms with Gasteiger partial charge in [-0.1, -0.05) is 12.2 Å². The van der Waals surface area contributed by atoms with Crippen molar-refractivity contribution in [3.8, 4) is 0 Å². The van der Waals surface area contributed by atoms with Crippen molar-refractivity contribution >= 4 is 5.97 Å². The fourth-order valence-electron chi connectivity index (χ4n) is 1.65. The van der Waals surface area contributed by atoms with Gasteiger partial charge in [0.15, 0.2) is 6.10 Å². The molecule has 1 aliphatic heterocycles. The van der Waals surface area contributed by atoms with E-state index in [-0.39, 0.29) is 24.1 Å². The van der Waals surface area contributed by atoms with Crippen LogP contribution in [0.25, 0.3) is 0 Å². The van der Waals surface area contributed by atoms with E-state index in [2.05, 4.69) is 4.74 Å². The Morgan fingerprint density at radius 1 is 1.64 bits per heavy atom. The van der Waals surface area contributed by atoms with Crippen molar-refractivity contribution < 1.29 is 14.3 Å². The van der Waals surface area contributed by atoms with Crippen LogP contribution < -0.4 is 0 Å². The summed E-state index contributed by atoms with van der Waals surface area (Å²) >= 11 is 0. The van der Waals surface area contributed by atoms with E-state index in [0.29, 0.717) is 0 Å². The molecule has 3 nitrogen and oxygen atoms in total. The van der Waals surface area contributed by atoms with Gasteiger partial charge in [0, 0.05) is 5.92 Å². The van der Waals surface area contributed by atoms with Crippen LogP contribution in [0, 0.1) is 5.92 Å². The second-order valence-corrected chi connectivity index (χ2v) is 2.90. The van der Waals surface area contributed by atoms with E-state index in [9.17, 15) is 4.79 Å². The van der Waals surface area contributed by atoms with Crippen LogP contribution in [0.2, 0.25) is 0 Å². The summed E-state index contributed by atoms with van der Waals surface area (Å²) in [7, 11) is 1.39. The Hall–Kier alpha value is -0.830. The third-order valence-corrected chi connectivity index (χ3v) is 2.22. The Balaban J connectivity index is 2.08. The Morgan fingerprint density at radius 3 is 2.91 bits per heavy atom. The van der Waals surface area contributed by atoms with Gasteiger partial charge in [-0.2, -0.15) is 0 Å². The summed E-state index contributed by atoms with van der Waals surface area (Å²) in [5, 5.41) is 0. The lowest BCUT2D eigenvalue weighted by Crippen LogP contribution is -2.28. The average molecular weight is 154 g/mol. The predicted octanol–water partition coefficient (Wildman–Crippen LogP) is 0.503. The third kappa shape index (κ3) is 0.959. The Kier molecular flexibility index (Phi) is 1.46. The van der Waals surface area contributed by atoms with Crippen LogP contribution in [0.5, 0.6) is 0 Å². The minimum atomic E-state index is -0.338. The lowest BCUT2D eigenvalue weighted by atomic mass is 10.0. The van der Waals surface area contributed by atoms with E-state index in [1.165, 1.54) is 7.11 Å². The molecule has 0 aromatic rings. The summed E-state index contributed by atoms with van der Waals surface area (Å²) in [5.41, 5.74) is 0. The molecule has 0 aromatic carbocycles. The van der Waals surface area contributed by atoms with Crippen LogP contribution >= 0.6 is 0 Å². The molecule has 1 aliphatic carbocycles. The molecule has 0 saturated carbocycles. The van der Waals surface area contributed by atoms with Gasteiger partial charge in [0.05, 0.1) is 13.2 Å². The number of esters is 1. The molecule has 0 aromatic heterocycles. The number of carbonyl (C=O) groups is 1. The monoisotopic (exact) mass is 154 g/mol. The highest BCUT2D eigenvalue weighted by molar-refractivity contribution is 5.76. The van der Waals surface area contributed by atoms with E-state index < -0.39 is 0 Å². The summed E-state index contributed by atoms with van der Waals surface area (Å²) in [5.74, 6) is 0.00861. The van der Waals surface area contributed by atoms with Gasteiger partial charge in [0.2, 0.25) is 0 Å². The largest absolute Gasteiger partial charge is 0.467 e. The fraction of sp³-hybridized carbons (Fsp3) is 0.625. The smallest absolute Gasteiger partial charge is 0.335 e. The lowest BCUT2D eigenvalue weighted by Gasteiger charge is -2.15. The average Bonchev–Trinajstić information content (AvgIpc) is 2.62.